The third kappa shape index (κ3) is 10.9. The van der Waals surface area contributed by atoms with Crippen LogP contribution in [0.25, 0.3) is 10.9 Å². The van der Waals surface area contributed by atoms with Crippen molar-refractivity contribution in [3.63, 3.8) is 0 Å². The number of hydrogen-bond donors (Lipinski definition) is 11. The predicted molar refractivity (Wildman–Crippen MR) is 193 cm³/mol. The van der Waals surface area contributed by atoms with E-state index in [1.807, 2.05) is 18.2 Å². The van der Waals surface area contributed by atoms with Crippen LogP contribution in [0.3, 0.4) is 0 Å². The van der Waals surface area contributed by atoms with E-state index in [4.69, 9.17) is 5.11 Å². The van der Waals surface area contributed by atoms with Crippen LogP contribution < -0.4 is 31.9 Å². The predicted octanol–water partition coefficient (Wildman–Crippen LogP) is -1.96. The van der Waals surface area contributed by atoms with Crippen LogP contribution in [0, 0.1) is 0 Å². The first-order chi connectivity index (χ1) is 26.4. The van der Waals surface area contributed by atoms with E-state index in [2.05, 4.69) is 46.9 Å². The van der Waals surface area contributed by atoms with Crippen molar-refractivity contribution in [2.24, 2.45) is 0 Å². The summed E-state index contributed by atoms with van der Waals surface area (Å²) in [6.07, 6.45) is 4.58. The zero-order valence-electron chi connectivity index (χ0n) is 29.3. The van der Waals surface area contributed by atoms with Gasteiger partial charge in [0.25, 0.3) is 0 Å². The number of aromatic hydroxyl groups is 1. The highest BCUT2D eigenvalue weighted by Crippen LogP contribution is 2.20. The summed E-state index contributed by atoms with van der Waals surface area (Å²) in [5, 5.41) is 44.6. The molecule has 5 rings (SSSR count). The second kappa shape index (κ2) is 18.3. The molecule has 290 valence electrons. The Bertz CT molecular complexity index is 2020. The molecule has 55 heavy (non-hydrogen) atoms. The highest BCUT2D eigenvalue weighted by molar-refractivity contribution is 5.98. The van der Waals surface area contributed by atoms with Crippen molar-refractivity contribution < 1.29 is 48.9 Å². The molecule has 4 aromatic rings. The lowest BCUT2D eigenvalue weighted by molar-refractivity contribution is -0.138. The fraction of sp³-hybridized carbons (Fsp3) is 0.333. The van der Waals surface area contributed by atoms with Gasteiger partial charge in [0.1, 0.15) is 42.5 Å². The molecule has 6 amide bonds. The Labute approximate surface area is 313 Å². The number of para-hydroxylation sites is 1. The van der Waals surface area contributed by atoms with Gasteiger partial charge in [0.05, 0.1) is 12.9 Å². The molecule has 1 fully saturated rings. The van der Waals surface area contributed by atoms with Crippen LogP contribution in [0.15, 0.2) is 67.3 Å². The molecule has 0 saturated carbocycles. The van der Waals surface area contributed by atoms with Crippen molar-refractivity contribution in [3.8, 4) is 5.75 Å². The number of nitrogens with zero attached hydrogens (tertiary/aromatic N) is 1. The number of aliphatic hydroxyl groups is 1. The monoisotopic (exact) mass is 759 g/mol. The highest BCUT2D eigenvalue weighted by Gasteiger charge is 2.34. The van der Waals surface area contributed by atoms with E-state index in [-0.39, 0.29) is 43.8 Å². The topological polar surface area (TPSA) is 297 Å². The first kappa shape index (κ1) is 39.4. The number of rotatable bonds is 18. The maximum absolute atomic E-state index is 14.0. The van der Waals surface area contributed by atoms with Gasteiger partial charge in [-0.05, 0) is 35.7 Å². The maximum Gasteiger partial charge on any atom is 0.322 e. The summed E-state index contributed by atoms with van der Waals surface area (Å²) in [7, 11) is 0. The number of aromatic nitrogens is 3. The number of hydrogen-bond acceptors (Lipinski definition) is 10. The molecule has 1 aliphatic heterocycles. The Morgan fingerprint density at radius 1 is 0.800 bits per heavy atom. The number of fused-ring (bicyclic) bond motifs is 1. The summed E-state index contributed by atoms with van der Waals surface area (Å²) in [4.78, 5) is 100. The number of carboxylic acids is 1. The summed E-state index contributed by atoms with van der Waals surface area (Å²) in [6, 6.07) is 6.45. The summed E-state index contributed by atoms with van der Waals surface area (Å²) >= 11 is 0. The normalized spacial score (nSPS) is 15.9. The van der Waals surface area contributed by atoms with E-state index < -0.39 is 78.9 Å². The van der Waals surface area contributed by atoms with E-state index in [0.717, 1.165) is 10.9 Å². The zero-order valence-corrected chi connectivity index (χ0v) is 29.3. The Morgan fingerprint density at radius 3 is 2.09 bits per heavy atom. The number of carboxylic acid groups (broad SMARTS) is 1. The van der Waals surface area contributed by atoms with Gasteiger partial charge in [-0.1, -0.05) is 30.3 Å². The quantitative estimate of drug-likeness (QED) is 0.0529. The highest BCUT2D eigenvalue weighted by atomic mass is 16.4. The summed E-state index contributed by atoms with van der Waals surface area (Å²) < 4.78 is 0. The van der Waals surface area contributed by atoms with Gasteiger partial charge in [-0.25, -0.2) is 4.98 Å². The Morgan fingerprint density at radius 2 is 1.45 bits per heavy atom. The number of imidazole rings is 1. The standard InChI is InChI=1S/C36H41N9O10/c46-17-29(36(55)42-26(32(51)39-16-31(49)50)11-19-5-7-22(47)8-6-19)45-34(53)27(12-20-14-38-24-4-2-1-3-23(20)24)43-35(54)28(13-21-15-37-18-40-21)44-33(52)25-9-10-30(48)41-25/h1-8,14-15,18,25-29,38,46-47H,9-13,16-17H2,(H,37,40)(H,39,51)(H,41,48)(H,42,55)(H,43,54)(H,44,52)(H,45,53)(H,49,50)/t25-,26-,27-,28-,29-/m0/s1. The molecule has 19 nitrogen and oxygen atoms in total. The Kier molecular flexibility index (Phi) is 13.1. The molecule has 1 saturated heterocycles. The van der Waals surface area contributed by atoms with E-state index in [0.29, 0.717) is 16.8 Å². The number of phenolic OH excluding ortho intramolecular Hbond substituents is 1. The third-order valence-corrected chi connectivity index (χ3v) is 8.89. The van der Waals surface area contributed by atoms with Crippen molar-refractivity contribution in [1.82, 2.24) is 46.9 Å². The van der Waals surface area contributed by atoms with Gasteiger partial charge in [0.2, 0.25) is 35.4 Å². The number of carbonyl (C=O) groups excluding carboxylic acids is 6. The lowest BCUT2D eigenvalue weighted by Crippen LogP contribution is -2.60. The van der Waals surface area contributed by atoms with Crippen molar-refractivity contribution >= 4 is 52.3 Å². The number of carbonyl (C=O) groups is 7. The molecular formula is C36H41N9O10. The van der Waals surface area contributed by atoms with Gasteiger partial charge in [-0.2, -0.15) is 0 Å². The minimum atomic E-state index is -1.64. The molecule has 19 heteroatoms. The molecule has 3 heterocycles. The number of aliphatic hydroxyl groups excluding tert-OH is 1. The van der Waals surface area contributed by atoms with E-state index >= 15 is 0 Å². The number of phenols is 1. The van der Waals surface area contributed by atoms with E-state index in [9.17, 15) is 43.8 Å². The number of H-pyrrole nitrogens is 2. The van der Waals surface area contributed by atoms with Gasteiger partial charge in [0.15, 0.2) is 0 Å². The van der Waals surface area contributed by atoms with Crippen LogP contribution in [-0.2, 0) is 52.8 Å². The molecule has 2 aromatic carbocycles. The SMILES string of the molecule is O=C(O)CNC(=O)[C@H](Cc1ccc(O)cc1)NC(=O)[C@H](CO)NC(=O)[C@H](Cc1c[nH]c2ccccc12)NC(=O)[C@H](Cc1cnc[nH]1)NC(=O)[C@@H]1CCC(=O)N1. The van der Waals surface area contributed by atoms with Crippen LogP contribution in [0.5, 0.6) is 5.75 Å². The summed E-state index contributed by atoms with van der Waals surface area (Å²) in [5.74, 6) is -5.81. The minimum Gasteiger partial charge on any atom is -0.508 e. The molecule has 0 spiro atoms. The van der Waals surface area contributed by atoms with Gasteiger partial charge in [-0.3, -0.25) is 33.6 Å². The van der Waals surface area contributed by atoms with E-state index in [1.54, 1.807) is 12.3 Å². The number of aromatic amines is 2. The number of nitrogens with one attached hydrogen (secondary N) is 8. The third-order valence-electron chi connectivity index (χ3n) is 8.89. The molecule has 0 unspecified atom stereocenters. The average molecular weight is 760 g/mol. The van der Waals surface area contributed by atoms with Gasteiger partial charge >= 0.3 is 5.97 Å². The average Bonchev–Trinajstić information content (AvgIpc) is 3.94. The minimum absolute atomic E-state index is 0.0469. The molecular weight excluding hydrogens is 718 g/mol. The molecule has 1 aliphatic rings. The van der Waals surface area contributed by atoms with Gasteiger partial charge in [0, 0.05) is 54.7 Å². The molecule has 2 aromatic heterocycles. The van der Waals surface area contributed by atoms with Crippen molar-refractivity contribution in [2.45, 2.75) is 62.3 Å². The maximum atomic E-state index is 14.0. The smallest absolute Gasteiger partial charge is 0.322 e. The van der Waals surface area contributed by atoms with Crippen molar-refractivity contribution in [2.75, 3.05) is 13.2 Å². The second-order valence-corrected chi connectivity index (χ2v) is 12.9. The first-order valence-electron chi connectivity index (χ1n) is 17.3. The molecule has 0 bridgehead atoms. The largest absolute Gasteiger partial charge is 0.508 e. The number of benzene rings is 2. The van der Waals surface area contributed by atoms with Gasteiger partial charge in [-0.15, -0.1) is 0 Å². The molecule has 0 aliphatic carbocycles. The number of amides is 6. The molecule has 5 atom stereocenters. The van der Waals surface area contributed by atoms with Crippen LogP contribution in [0.2, 0.25) is 0 Å². The molecule has 11 N–H and O–H groups in total. The fourth-order valence-electron chi connectivity index (χ4n) is 6.01. The zero-order chi connectivity index (χ0) is 39.5. The summed E-state index contributed by atoms with van der Waals surface area (Å²) in [5.41, 5.74) is 2.35. The van der Waals surface area contributed by atoms with Crippen molar-refractivity contribution in [3.05, 3.63) is 84.1 Å². The Hall–Kier alpha value is -6.76. The van der Waals surface area contributed by atoms with E-state index in [1.165, 1.54) is 36.8 Å². The van der Waals surface area contributed by atoms with Crippen LogP contribution in [0.4, 0.5) is 0 Å². The Balaban J connectivity index is 1.36. The van der Waals surface area contributed by atoms with Crippen LogP contribution >= 0.6 is 0 Å². The summed E-state index contributed by atoms with van der Waals surface area (Å²) in [6.45, 7) is -1.67. The lowest BCUT2D eigenvalue weighted by atomic mass is 10.0. The second-order valence-electron chi connectivity index (χ2n) is 12.9. The van der Waals surface area contributed by atoms with Crippen LogP contribution in [-0.4, -0.2) is 115 Å². The fourth-order valence-corrected chi connectivity index (χ4v) is 6.01. The lowest BCUT2D eigenvalue weighted by Gasteiger charge is -2.26. The first-order valence-corrected chi connectivity index (χ1v) is 17.3. The van der Waals surface area contributed by atoms with Crippen molar-refractivity contribution in [1.29, 1.82) is 0 Å². The number of aliphatic carboxylic acids is 1. The molecule has 0 radical (unpaired) electrons. The van der Waals surface area contributed by atoms with Crippen LogP contribution in [0.1, 0.15) is 29.7 Å². The van der Waals surface area contributed by atoms with Gasteiger partial charge < -0.3 is 57.2 Å².